The molecule has 0 spiro atoms. The van der Waals surface area contributed by atoms with E-state index < -0.39 is 0 Å². The summed E-state index contributed by atoms with van der Waals surface area (Å²) in [5.74, 6) is 1.20. The van der Waals surface area contributed by atoms with Crippen LogP contribution < -0.4 is 5.73 Å². The van der Waals surface area contributed by atoms with Gasteiger partial charge in [-0.3, -0.25) is 0 Å². The molecule has 5 nitrogen and oxygen atoms in total. The molecular formula is C14H13N3O2. The van der Waals surface area contributed by atoms with Crippen LogP contribution in [0.4, 0.5) is 0 Å². The smallest absolute Gasteiger partial charge is 0.153 e. The number of rotatable bonds is 4. The van der Waals surface area contributed by atoms with Gasteiger partial charge >= 0.3 is 0 Å². The number of phenolic OH excluding ortho intramolecular Hbond substituents is 1. The molecular weight excluding hydrogens is 242 g/mol. The number of furan rings is 1. The van der Waals surface area contributed by atoms with Crippen LogP contribution in [0.15, 0.2) is 63.4 Å². The van der Waals surface area contributed by atoms with Crippen molar-refractivity contribution in [3.8, 4) is 5.75 Å². The second-order valence-corrected chi connectivity index (χ2v) is 3.67. The average Bonchev–Trinajstić information content (AvgIpc) is 2.92. The summed E-state index contributed by atoms with van der Waals surface area (Å²) in [6.45, 7) is 0. The summed E-state index contributed by atoms with van der Waals surface area (Å²) < 4.78 is 5.11. The van der Waals surface area contributed by atoms with Crippen molar-refractivity contribution in [2.45, 2.75) is 0 Å². The maximum Gasteiger partial charge on any atom is 0.153 e. The van der Waals surface area contributed by atoms with Gasteiger partial charge in [0.25, 0.3) is 0 Å². The van der Waals surface area contributed by atoms with E-state index in [1.54, 1.807) is 36.6 Å². The number of nitrogens with two attached hydrogens (primary N) is 1. The molecule has 0 atom stereocenters. The molecule has 0 radical (unpaired) electrons. The maximum atomic E-state index is 9.15. The van der Waals surface area contributed by atoms with Gasteiger partial charge in [-0.2, -0.15) is 5.10 Å². The first-order valence-electron chi connectivity index (χ1n) is 5.62. The molecule has 0 amide bonds. The fourth-order valence-corrected chi connectivity index (χ4v) is 1.35. The number of phenols is 1. The summed E-state index contributed by atoms with van der Waals surface area (Å²) >= 11 is 0. The van der Waals surface area contributed by atoms with Crippen molar-refractivity contribution in [1.29, 1.82) is 0 Å². The van der Waals surface area contributed by atoms with E-state index in [1.807, 2.05) is 6.07 Å². The molecule has 5 heteroatoms. The third kappa shape index (κ3) is 3.85. The molecule has 2 aromatic rings. The van der Waals surface area contributed by atoms with Gasteiger partial charge in [0, 0.05) is 11.8 Å². The van der Waals surface area contributed by atoms with Crippen molar-refractivity contribution >= 4 is 18.1 Å². The Kier molecular flexibility index (Phi) is 4.12. The highest BCUT2D eigenvalue weighted by Crippen LogP contribution is 2.09. The topological polar surface area (TPSA) is 84.1 Å². The molecule has 19 heavy (non-hydrogen) atoms. The molecule has 0 fully saturated rings. The monoisotopic (exact) mass is 255 g/mol. The number of aromatic hydroxyl groups is 1. The van der Waals surface area contributed by atoms with Crippen LogP contribution in [-0.2, 0) is 0 Å². The molecule has 0 aliphatic carbocycles. The minimum Gasteiger partial charge on any atom is -0.508 e. The van der Waals surface area contributed by atoms with Gasteiger partial charge in [-0.05, 0) is 48.6 Å². The molecule has 0 bridgehead atoms. The van der Waals surface area contributed by atoms with Crippen LogP contribution in [0.2, 0.25) is 0 Å². The van der Waals surface area contributed by atoms with E-state index in [2.05, 4.69) is 10.2 Å². The van der Waals surface area contributed by atoms with Crippen LogP contribution >= 0.6 is 0 Å². The molecule has 0 aliphatic heterocycles. The summed E-state index contributed by atoms with van der Waals surface area (Å²) in [6.07, 6.45) is 6.57. The molecule has 1 heterocycles. The molecule has 1 aromatic carbocycles. The number of nitrogens with zero attached hydrogens (tertiary/aromatic N) is 2. The zero-order valence-electron chi connectivity index (χ0n) is 10.1. The van der Waals surface area contributed by atoms with E-state index in [-0.39, 0.29) is 11.6 Å². The number of benzene rings is 1. The van der Waals surface area contributed by atoms with Crippen LogP contribution in [0, 0.1) is 0 Å². The molecule has 1 aromatic heterocycles. The lowest BCUT2D eigenvalue weighted by Crippen LogP contribution is -2.12. The van der Waals surface area contributed by atoms with E-state index in [0.29, 0.717) is 5.56 Å². The Morgan fingerprint density at radius 3 is 2.68 bits per heavy atom. The van der Waals surface area contributed by atoms with Gasteiger partial charge in [0.2, 0.25) is 0 Å². The first-order valence-corrected chi connectivity index (χ1v) is 5.62. The van der Waals surface area contributed by atoms with Crippen LogP contribution in [0.25, 0.3) is 6.08 Å². The minimum atomic E-state index is 0.182. The van der Waals surface area contributed by atoms with Gasteiger partial charge in [-0.1, -0.05) is 0 Å². The zero-order chi connectivity index (χ0) is 13.5. The highest BCUT2D eigenvalue weighted by atomic mass is 16.3. The normalized spacial score (nSPS) is 12.5. The fourth-order valence-electron chi connectivity index (χ4n) is 1.35. The van der Waals surface area contributed by atoms with Gasteiger partial charge in [-0.25, -0.2) is 0 Å². The van der Waals surface area contributed by atoms with E-state index >= 15 is 0 Å². The predicted octanol–water partition coefficient (Wildman–Crippen LogP) is 2.39. The molecule has 0 aliphatic rings. The van der Waals surface area contributed by atoms with Crippen LogP contribution in [0.3, 0.4) is 0 Å². The largest absolute Gasteiger partial charge is 0.508 e. The van der Waals surface area contributed by atoms with Crippen molar-refractivity contribution in [2.75, 3.05) is 0 Å². The van der Waals surface area contributed by atoms with Gasteiger partial charge in [-0.15, -0.1) is 5.10 Å². The Labute approximate surface area is 110 Å². The summed E-state index contributed by atoms with van der Waals surface area (Å²) in [6, 6.07) is 10.1. The molecule has 0 unspecified atom stereocenters. The third-order valence-corrected chi connectivity index (χ3v) is 2.28. The first kappa shape index (κ1) is 12.6. The number of amidine groups is 1. The van der Waals surface area contributed by atoms with E-state index in [0.717, 1.165) is 5.76 Å². The summed E-state index contributed by atoms with van der Waals surface area (Å²) in [4.78, 5) is 0. The van der Waals surface area contributed by atoms with Gasteiger partial charge in [0.1, 0.15) is 11.5 Å². The Morgan fingerprint density at radius 1 is 1.21 bits per heavy atom. The Bertz CT molecular complexity index is 596. The Balaban J connectivity index is 1.96. The summed E-state index contributed by atoms with van der Waals surface area (Å²) in [5, 5.41) is 16.8. The van der Waals surface area contributed by atoms with Gasteiger partial charge in [0.15, 0.2) is 5.84 Å². The standard InChI is InChI=1S/C14H13N3O2/c15-14(11-5-7-12(18)8-6-11)17-16-9-1-3-13-4-2-10-19-13/h1-10,18H,(H2,15,17)/b3-1+,16-9-. The van der Waals surface area contributed by atoms with E-state index in [9.17, 15) is 0 Å². The van der Waals surface area contributed by atoms with Crippen LogP contribution in [-0.4, -0.2) is 17.2 Å². The number of allylic oxidation sites excluding steroid dienone is 1. The van der Waals surface area contributed by atoms with E-state index in [4.69, 9.17) is 15.3 Å². The quantitative estimate of drug-likeness (QED) is 0.499. The average molecular weight is 255 g/mol. The predicted molar refractivity (Wildman–Crippen MR) is 75.1 cm³/mol. The summed E-state index contributed by atoms with van der Waals surface area (Å²) in [5.41, 5.74) is 6.43. The lowest BCUT2D eigenvalue weighted by Gasteiger charge is -1.97. The first-order chi connectivity index (χ1) is 9.25. The molecule has 96 valence electrons. The lowest BCUT2D eigenvalue weighted by molar-refractivity contribution is 0.475. The molecule has 0 saturated carbocycles. The lowest BCUT2D eigenvalue weighted by atomic mass is 10.2. The molecule has 2 rings (SSSR count). The Morgan fingerprint density at radius 2 is 2.00 bits per heavy atom. The second kappa shape index (κ2) is 6.20. The van der Waals surface area contributed by atoms with Crippen LogP contribution in [0.1, 0.15) is 11.3 Å². The van der Waals surface area contributed by atoms with Crippen molar-refractivity contribution in [3.05, 3.63) is 60.1 Å². The minimum absolute atomic E-state index is 0.182. The Hall–Kier alpha value is -2.82. The second-order valence-electron chi connectivity index (χ2n) is 3.67. The van der Waals surface area contributed by atoms with Crippen molar-refractivity contribution in [2.24, 2.45) is 15.9 Å². The number of hydrogen-bond donors (Lipinski definition) is 2. The SMILES string of the molecule is N\C(=N/N=C\C=C\c1ccco1)c1ccc(O)cc1. The highest BCUT2D eigenvalue weighted by Gasteiger charge is 1.96. The van der Waals surface area contributed by atoms with Gasteiger partial charge in [0.05, 0.1) is 6.26 Å². The van der Waals surface area contributed by atoms with Crippen molar-refractivity contribution in [1.82, 2.24) is 0 Å². The van der Waals surface area contributed by atoms with Crippen molar-refractivity contribution in [3.63, 3.8) is 0 Å². The van der Waals surface area contributed by atoms with Crippen LogP contribution in [0.5, 0.6) is 5.75 Å². The molecule has 0 saturated heterocycles. The number of hydrogen-bond acceptors (Lipinski definition) is 4. The van der Waals surface area contributed by atoms with Crippen molar-refractivity contribution < 1.29 is 9.52 Å². The maximum absolute atomic E-state index is 9.15. The third-order valence-electron chi connectivity index (χ3n) is 2.28. The fraction of sp³-hybridized carbons (Fsp3) is 0. The summed E-state index contributed by atoms with van der Waals surface area (Å²) in [7, 11) is 0. The zero-order valence-corrected chi connectivity index (χ0v) is 10.1. The van der Waals surface area contributed by atoms with E-state index in [1.165, 1.54) is 18.3 Å². The molecule has 3 N–H and O–H groups in total. The highest BCUT2D eigenvalue weighted by molar-refractivity contribution is 5.97. The van der Waals surface area contributed by atoms with Gasteiger partial charge < -0.3 is 15.3 Å².